The summed E-state index contributed by atoms with van der Waals surface area (Å²) in [6.07, 6.45) is -3.02. The molecule has 2 heterocycles. The maximum atomic E-state index is 13.0. The molecule has 0 unspecified atom stereocenters. The van der Waals surface area contributed by atoms with E-state index in [1.807, 2.05) is 4.90 Å². The van der Waals surface area contributed by atoms with Gasteiger partial charge in [-0.15, -0.1) is 0 Å². The molecule has 10 nitrogen and oxygen atoms in total. The molecule has 0 saturated carbocycles. The van der Waals surface area contributed by atoms with Gasteiger partial charge in [0.2, 0.25) is 15.9 Å². The third kappa shape index (κ3) is 10.1. The second-order valence-corrected chi connectivity index (χ2v) is 10.9. The van der Waals surface area contributed by atoms with E-state index in [9.17, 15) is 31.2 Å². The van der Waals surface area contributed by atoms with Gasteiger partial charge in [0, 0.05) is 69.4 Å². The number of likely N-dealkylation sites (tertiary alicyclic amines) is 1. The van der Waals surface area contributed by atoms with E-state index in [4.69, 9.17) is 21.5 Å². The molecule has 1 aromatic carbocycles. The van der Waals surface area contributed by atoms with Crippen molar-refractivity contribution in [2.75, 3.05) is 58.1 Å². The lowest BCUT2D eigenvalue weighted by Crippen LogP contribution is -2.48. The molecule has 0 spiro atoms. The Bertz CT molecular complexity index is 1030. The van der Waals surface area contributed by atoms with Crippen LogP contribution in [0.4, 0.5) is 13.2 Å². The third-order valence-electron chi connectivity index (χ3n) is 5.74. The Kier molecular flexibility index (Phi) is 11.6. The van der Waals surface area contributed by atoms with E-state index in [-0.39, 0.29) is 24.1 Å². The Balaban J connectivity index is 0.000000604. The Labute approximate surface area is 218 Å². The number of carboxylic acids is 1. The molecule has 15 heteroatoms. The van der Waals surface area contributed by atoms with Crippen LogP contribution in [0.1, 0.15) is 29.6 Å². The number of carbonyl (C=O) groups is 3. The van der Waals surface area contributed by atoms with Crippen molar-refractivity contribution in [3.05, 3.63) is 34.9 Å². The molecule has 208 valence electrons. The van der Waals surface area contributed by atoms with E-state index in [0.29, 0.717) is 62.7 Å². The zero-order valence-corrected chi connectivity index (χ0v) is 21.6. The molecule has 3 rings (SSSR count). The zero-order chi connectivity index (χ0) is 27.6. The number of carbonyl (C=O) groups excluding carboxylic acids is 2. The highest BCUT2D eigenvalue weighted by atomic mass is 35.5. The van der Waals surface area contributed by atoms with Gasteiger partial charge in [-0.1, -0.05) is 11.6 Å². The lowest BCUT2D eigenvalue weighted by Gasteiger charge is -2.29. The molecule has 2 aliphatic heterocycles. The van der Waals surface area contributed by atoms with E-state index in [0.717, 1.165) is 13.0 Å². The number of nitrogens with one attached hydrogen (secondary N) is 1. The molecule has 2 N–H and O–H groups in total. The Morgan fingerprint density at radius 1 is 1.08 bits per heavy atom. The van der Waals surface area contributed by atoms with E-state index in [1.165, 1.54) is 4.31 Å². The van der Waals surface area contributed by atoms with Gasteiger partial charge < -0.3 is 20.2 Å². The van der Waals surface area contributed by atoms with Crippen molar-refractivity contribution in [1.82, 2.24) is 19.4 Å². The minimum Gasteiger partial charge on any atom is -0.475 e. The number of rotatable bonds is 9. The summed E-state index contributed by atoms with van der Waals surface area (Å²) in [5.41, 5.74) is 0.469. The summed E-state index contributed by atoms with van der Waals surface area (Å²) >= 11 is 5.92. The topological polar surface area (TPSA) is 127 Å². The van der Waals surface area contributed by atoms with Gasteiger partial charge in [0.1, 0.15) is 0 Å². The Hall–Kier alpha value is -2.42. The van der Waals surface area contributed by atoms with Gasteiger partial charge in [0.05, 0.1) is 5.75 Å². The molecule has 2 fully saturated rings. The van der Waals surface area contributed by atoms with Crippen LogP contribution in [0.2, 0.25) is 5.02 Å². The second kappa shape index (κ2) is 13.9. The minimum atomic E-state index is -5.08. The summed E-state index contributed by atoms with van der Waals surface area (Å²) in [4.78, 5) is 37.1. The summed E-state index contributed by atoms with van der Waals surface area (Å²) in [5.74, 6) is -2.95. The standard InChI is InChI=1S/C20H29ClN4O4S.C2HF3O2/c21-18-6-4-17(5-7-18)20(27)24(12-2-11-23-10-1-3-19(23)26)15-16-30(28,29)25-13-8-22-9-14-25;3-2(4,5)1(6)7/h4-7,22H,1-3,8-16H2;(H,6,7). The average Bonchev–Trinajstić information content (AvgIpc) is 3.26. The fraction of sp³-hybridized carbons (Fsp3) is 0.591. The second-order valence-electron chi connectivity index (χ2n) is 8.40. The minimum absolute atomic E-state index is 0.113. The summed E-state index contributed by atoms with van der Waals surface area (Å²) in [6, 6.07) is 6.58. The van der Waals surface area contributed by atoms with Crippen LogP contribution in [0.5, 0.6) is 0 Å². The number of hydrogen-bond donors (Lipinski definition) is 2. The summed E-state index contributed by atoms with van der Waals surface area (Å²) in [7, 11) is -3.44. The monoisotopic (exact) mass is 570 g/mol. The molecule has 0 radical (unpaired) electrons. The first-order chi connectivity index (χ1) is 17.3. The first-order valence-electron chi connectivity index (χ1n) is 11.6. The van der Waals surface area contributed by atoms with Gasteiger partial charge in [0.15, 0.2) is 0 Å². The van der Waals surface area contributed by atoms with Crippen molar-refractivity contribution in [2.45, 2.75) is 25.4 Å². The lowest BCUT2D eigenvalue weighted by molar-refractivity contribution is -0.192. The van der Waals surface area contributed by atoms with Crippen LogP contribution < -0.4 is 5.32 Å². The summed E-state index contributed by atoms with van der Waals surface area (Å²) in [6.45, 7) is 4.00. The number of amides is 2. The largest absolute Gasteiger partial charge is 0.490 e. The number of piperazine rings is 1. The molecule has 2 aliphatic rings. The van der Waals surface area contributed by atoms with Crippen molar-refractivity contribution in [2.24, 2.45) is 0 Å². The fourth-order valence-corrected chi connectivity index (χ4v) is 5.33. The van der Waals surface area contributed by atoms with Gasteiger partial charge in [0.25, 0.3) is 5.91 Å². The third-order valence-corrected chi connectivity index (χ3v) is 7.84. The number of alkyl halides is 3. The number of hydrogen-bond acceptors (Lipinski definition) is 6. The number of sulfonamides is 1. The van der Waals surface area contributed by atoms with E-state index in [1.54, 1.807) is 29.2 Å². The van der Waals surface area contributed by atoms with Gasteiger partial charge in [-0.05, 0) is 37.1 Å². The molecule has 2 saturated heterocycles. The first-order valence-corrected chi connectivity index (χ1v) is 13.6. The number of nitrogens with zero attached hydrogens (tertiary/aromatic N) is 3. The predicted molar refractivity (Wildman–Crippen MR) is 130 cm³/mol. The molecule has 0 aliphatic carbocycles. The highest BCUT2D eigenvalue weighted by Gasteiger charge is 2.38. The summed E-state index contributed by atoms with van der Waals surface area (Å²) in [5, 5.41) is 10.8. The van der Waals surface area contributed by atoms with Gasteiger partial charge in [-0.3, -0.25) is 9.59 Å². The quantitative estimate of drug-likeness (QED) is 0.462. The normalized spacial score (nSPS) is 16.8. The predicted octanol–water partition coefficient (Wildman–Crippen LogP) is 1.66. The van der Waals surface area contributed by atoms with Crippen molar-refractivity contribution >= 4 is 39.4 Å². The van der Waals surface area contributed by atoms with Crippen LogP contribution >= 0.6 is 11.6 Å². The number of carboxylic acid groups (broad SMARTS) is 1. The van der Waals surface area contributed by atoms with Crippen molar-refractivity contribution < 1.29 is 41.1 Å². The number of halogens is 4. The van der Waals surface area contributed by atoms with Crippen molar-refractivity contribution in [1.29, 1.82) is 0 Å². The maximum Gasteiger partial charge on any atom is 0.490 e. The van der Waals surface area contributed by atoms with E-state index >= 15 is 0 Å². The highest BCUT2D eigenvalue weighted by molar-refractivity contribution is 7.89. The highest BCUT2D eigenvalue weighted by Crippen LogP contribution is 2.15. The smallest absolute Gasteiger partial charge is 0.475 e. The zero-order valence-electron chi connectivity index (χ0n) is 20.0. The van der Waals surface area contributed by atoms with Crippen LogP contribution in [0.3, 0.4) is 0 Å². The van der Waals surface area contributed by atoms with E-state index < -0.39 is 22.2 Å². The first kappa shape index (κ1) is 30.8. The Morgan fingerprint density at radius 2 is 1.68 bits per heavy atom. The molecular weight excluding hydrogens is 541 g/mol. The van der Waals surface area contributed by atoms with Crippen LogP contribution in [0.25, 0.3) is 0 Å². The summed E-state index contributed by atoms with van der Waals surface area (Å²) < 4.78 is 58.6. The number of aliphatic carboxylic acids is 1. The molecule has 2 amide bonds. The molecular formula is C22H30ClF3N4O6S. The van der Waals surface area contributed by atoms with Crippen molar-refractivity contribution in [3.63, 3.8) is 0 Å². The van der Waals surface area contributed by atoms with Crippen molar-refractivity contribution in [3.8, 4) is 0 Å². The number of benzene rings is 1. The maximum absolute atomic E-state index is 13.0. The van der Waals surface area contributed by atoms with Crippen LogP contribution in [0.15, 0.2) is 24.3 Å². The van der Waals surface area contributed by atoms with Gasteiger partial charge >= 0.3 is 12.1 Å². The molecule has 0 aromatic heterocycles. The molecule has 37 heavy (non-hydrogen) atoms. The Morgan fingerprint density at radius 3 is 2.19 bits per heavy atom. The van der Waals surface area contributed by atoms with Crippen LogP contribution in [0, 0.1) is 0 Å². The van der Waals surface area contributed by atoms with Gasteiger partial charge in [-0.2, -0.15) is 17.5 Å². The molecule has 0 bridgehead atoms. The van der Waals surface area contributed by atoms with Gasteiger partial charge in [-0.25, -0.2) is 13.2 Å². The van der Waals surface area contributed by atoms with Crippen LogP contribution in [-0.4, -0.2) is 110 Å². The SMILES string of the molecule is O=C(O)C(F)(F)F.O=C1CCCN1CCCN(CCS(=O)(=O)N1CCNCC1)C(=O)c1ccc(Cl)cc1. The lowest BCUT2D eigenvalue weighted by atomic mass is 10.2. The van der Waals surface area contributed by atoms with E-state index in [2.05, 4.69) is 5.32 Å². The fourth-order valence-electron chi connectivity index (χ4n) is 3.76. The average molecular weight is 571 g/mol. The molecule has 0 atom stereocenters. The van der Waals surface area contributed by atoms with Crippen LogP contribution in [-0.2, 0) is 19.6 Å². The molecule has 1 aromatic rings.